The molecule has 3 rings (SSSR count). The van der Waals surface area contributed by atoms with Crippen LogP contribution in [0.5, 0.6) is 0 Å². The number of piperidine rings is 1. The van der Waals surface area contributed by atoms with Crippen molar-refractivity contribution in [2.24, 2.45) is 0 Å². The zero-order chi connectivity index (χ0) is 27.4. The van der Waals surface area contributed by atoms with E-state index in [4.69, 9.17) is 24.5 Å². The minimum absolute atomic E-state index is 0.0466. The Morgan fingerprint density at radius 2 is 1.49 bits per heavy atom. The Morgan fingerprint density at radius 1 is 0.919 bits per heavy atom. The number of carbonyl (C=O) groups is 4. The van der Waals surface area contributed by atoms with Crippen molar-refractivity contribution in [2.75, 3.05) is 31.1 Å². The number of aryl methyl sites for hydroxylation is 1. The third kappa shape index (κ3) is 8.15. The van der Waals surface area contributed by atoms with Gasteiger partial charge in [0.25, 0.3) is 0 Å². The predicted octanol–water partition coefficient (Wildman–Crippen LogP) is 3.53. The number of hydrogen-bond acceptors (Lipinski definition) is 6. The van der Waals surface area contributed by atoms with Gasteiger partial charge in [-0.3, -0.25) is 9.69 Å². The summed E-state index contributed by atoms with van der Waals surface area (Å²) in [6.07, 6.45) is 2.45. The summed E-state index contributed by atoms with van der Waals surface area (Å²) >= 11 is 0. The Bertz CT molecular complexity index is 1030. The second-order valence-electron chi connectivity index (χ2n) is 8.86. The van der Waals surface area contributed by atoms with E-state index >= 15 is 0 Å². The minimum atomic E-state index is -1.82. The molecule has 0 saturated carbocycles. The second kappa shape index (κ2) is 14.1. The summed E-state index contributed by atoms with van der Waals surface area (Å²) in [5, 5.41) is 14.8. The lowest BCUT2D eigenvalue weighted by molar-refractivity contribution is -0.159. The molecule has 0 aliphatic carbocycles. The Morgan fingerprint density at radius 3 is 1.97 bits per heavy atom. The molecule has 2 aromatic carbocycles. The van der Waals surface area contributed by atoms with Gasteiger partial charge in [-0.2, -0.15) is 0 Å². The van der Waals surface area contributed by atoms with Crippen molar-refractivity contribution in [3.63, 3.8) is 0 Å². The number of aliphatic carboxylic acids is 2. The van der Waals surface area contributed by atoms with E-state index in [0.717, 1.165) is 37.3 Å². The van der Waals surface area contributed by atoms with E-state index in [1.54, 1.807) is 4.90 Å². The van der Waals surface area contributed by atoms with Crippen LogP contribution in [-0.4, -0.2) is 70.7 Å². The van der Waals surface area contributed by atoms with Gasteiger partial charge >= 0.3 is 17.9 Å². The summed E-state index contributed by atoms with van der Waals surface area (Å²) < 4.78 is 5.52. The van der Waals surface area contributed by atoms with E-state index in [1.807, 2.05) is 51.1 Å². The van der Waals surface area contributed by atoms with Crippen LogP contribution in [0, 0.1) is 6.92 Å². The Labute approximate surface area is 217 Å². The molecule has 9 heteroatoms. The molecule has 0 aromatic heterocycles. The first-order valence-corrected chi connectivity index (χ1v) is 12.4. The van der Waals surface area contributed by atoms with Gasteiger partial charge in [0.2, 0.25) is 5.91 Å². The van der Waals surface area contributed by atoms with Gasteiger partial charge in [0.1, 0.15) is 5.54 Å². The Hall–Kier alpha value is -3.72. The molecule has 9 nitrogen and oxygen atoms in total. The van der Waals surface area contributed by atoms with E-state index in [0.29, 0.717) is 25.9 Å². The fourth-order valence-corrected chi connectivity index (χ4v) is 4.34. The highest BCUT2D eigenvalue weighted by Crippen LogP contribution is 2.35. The zero-order valence-electron chi connectivity index (χ0n) is 21.7. The molecule has 1 amide bonds. The van der Waals surface area contributed by atoms with Crippen LogP contribution >= 0.6 is 0 Å². The summed E-state index contributed by atoms with van der Waals surface area (Å²) in [5.74, 6) is -3.99. The lowest BCUT2D eigenvalue weighted by Gasteiger charge is -2.46. The summed E-state index contributed by atoms with van der Waals surface area (Å²) in [6, 6.07) is 18.3. The largest absolute Gasteiger partial charge is 0.473 e. The molecule has 0 spiro atoms. The van der Waals surface area contributed by atoms with Gasteiger partial charge in [-0.25, -0.2) is 14.4 Å². The van der Waals surface area contributed by atoms with Crippen LogP contribution in [0.1, 0.15) is 44.2 Å². The highest BCUT2D eigenvalue weighted by Gasteiger charge is 2.49. The first-order valence-electron chi connectivity index (χ1n) is 12.4. The van der Waals surface area contributed by atoms with Crippen LogP contribution in [0.3, 0.4) is 0 Å². The number of carboxylic acid groups (broad SMARTS) is 2. The van der Waals surface area contributed by atoms with Gasteiger partial charge in [0.05, 0.1) is 6.61 Å². The lowest BCUT2D eigenvalue weighted by Crippen LogP contribution is -2.63. The van der Waals surface area contributed by atoms with Gasteiger partial charge in [0.15, 0.2) is 0 Å². The third-order valence-electron chi connectivity index (χ3n) is 6.35. The molecular weight excluding hydrogens is 476 g/mol. The molecular formula is C28H36N2O7. The zero-order valence-corrected chi connectivity index (χ0v) is 21.7. The molecule has 37 heavy (non-hydrogen) atoms. The van der Waals surface area contributed by atoms with Gasteiger partial charge in [0, 0.05) is 31.7 Å². The Kier molecular flexibility index (Phi) is 11.3. The number of likely N-dealkylation sites (tertiary alicyclic amines) is 1. The number of carboxylic acids is 2. The van der Waals surface area contributed by atoms with Crippen LogP contribution in [0.25, 0.3) is 0 Å². The number of hydrogen-bond donors (Lipinski definition) is 2. The summed E-state index contributed by atoms with van der Waals surface area (Å²) in [4.78, 5) is 48.7. The molecule has 0 radical (unpaired) electrons. The van der Waals surface area contributed by atoms with Gasteiger partial charge in [-0.05, 0) is 50.8 Å². The lowest BCUT2D eigenvalue weighted by atomic mass is 9.84. The predicted molar refractivity (Wildman–Crippen MR) is 139 cm³/mol. The van der Waals surface area contributed by atoms with E-state index in [-0.39, 0.29) is 11.9 Å². The number of anilines is 1. The molecule has 2 aromatic rings. The molecule has 2 N–H and O–H groups in total. The van der Waals surface area contributed by atoms with Crippen LogP contribution in [-0.2, 0) is 30.3 Å². The molecule has 1 heterocycles. The number of benzene rings is 2. The van der Waals surface area contributed by atoms with Crippen molar-refractivity contribution < 1.29 is 34.1 Å². The maximum Gasteiger partial charge on any atom is 0.414 e. The monoisotopic (exact) mass is 512 g/mol. The summed E-state index contributed by atoms with van der Waals surface area (Å²) in [6.45, 7) is 8.43. The number of ether oxygens (including phenoxy) is 1. The molecule has 1 fully saturated rings. The van der Waals surface area contributed by atoms with E-state index in [1.165, 1.54) is 5.56 Å². The SMILES string of the molecule is CCOC(=O)C1(N(C(=O)CC)c2ccc(C)cc2)CCN(CCc2ccccc2)CC1.O=C(O)C(=O)O. The van der Waals surface area contributed by atoms with E-state index in [2.05, 4.69) is 29.2 Å². The standard InChI is InChI=1S/C26H34N2O3.C2H2O4/c1-4-24(29)28(23-13-11-21(3)12-14-23)26(25(30)31-5-2)16-19-27(20-17-26)18-15-22-9-7-6-8-10-22;3-1(4)2(5)6/h6-14H,4-5,15-20H2,1-3H3;(H,3,4)(H,5,6). The maximum atomic E-state index is 13.3. The quantitative estimate of drug-likeness (QED) is 0.407. The fraction of sp³-hybridized carbons (Fsp3) is 0.429. The normalized spacial score (nSPS) is 14.6. The van der Waals surface area contributed by atoms with Gasteiger partial charge in [-0.1, -0.05) is 55.0 Å². The second-order valence-corrected chi connectivity index (χ2v) is 8.86. The first-order chi connectivity index (χ1) is 17.6. The summed E-state index contributed by atoms with van der Waals surface area (Å²) in [7, 11) is 0. The van der Waals surface area contributed by atoms with Crippen molar-refractivity contribution in [1.29, 1.82) is 0 Å². The van der Waals surface area contributed by atoms with Crippen molar-refractivity contribution in [3.8, 4) is 0 Å². The molecule has 0 unspecified atom stereocenters. The molecule has 0 atom stereocenters. The van der Waals surface area contributed by atoms with Crippen molar-refractivity contribution in [2.45, 2.75) is 52.0 Å². The number of amides is 1. The maximum absolute atomic E-state index is 13.3. The first kappa shape index (κ1) is 29.5. The third-order valence-corrected chi connectivity index (χ3v) is 6.35. The van der Waals surface area contributed by atoms with Crippen LogP contribution in [0.15, 0.2) is 54.6 Å². The number of nitrogens with zero attached hydrogens (tertiary/aromatic N) is 2. The molecule has 0 bridgehead atoms. The average molecular weight is 513 g/mol. The number of carbonyl (C=O) groups excluding carboxylic acids is 2. The highest BCUT2D eigenvalue weighted by atomic mass is 16.5. The van der Waals surface area contributed by atoms with Crippen molar-refractivity contribution in [3.05, 3.63) is 65.7 Å². The fourth-order valence-electron chi connectivity index (χ4n) is 4.34. The minimum Gasteiger partial charge on any atom is -0.473 e. The smallest absolute Gasteiger partial charge is 0.414 e. The molecule has 1 aliphatic heterocycles. The van der Waals surface area contributed by atoms with E-state index < -0.39 is 17.5 Å². The summed E-state index contributed by atoms with van der Waals surface area (Å²) in [5.41, 5.74) is 2.24. The topological polar surface area (TPSA) is 124 Å². The molecule has 1 aliphatic rings. The average Bonchev–Trinajstić information content (AvgIpc) is 2.90. The molecule has 1 saturated heterocycles. The highest BCUT2D eigenvalue weighted by molar-refractivity contribution is 6.27. The molecule has 200 valence electrons. The van der Waals surface area contributed by atoms with Crippen LogP contribution < -0.4 is 4.90 Å². The van der Waals surface area contributed by atoms with Crippen molar-refractivity contribution in [1.82, 2.24) is 4.90 Å². The van der Waals surface area contributed by atoms with Crippen molar-refractivity contribution >= 4 is 29.5 Å². The van der Waals surface area contributed by atoms with Gasteiger partial charge < -0.3 is 19.8 Å². The number of esters is 1. The van der Waals surface area contributed by atoms with E-state index in [9.17, 15) is 9.59 Å². The van der Waals surface area contributed by atoms with Crippen LogP contribution in [0.2, 0.25) is 0 Å². The number of rotatable bonds is 8. The van der Waals surface area contributed by atoms with Crippen LogP contribution in [0.4, 0.5) is 5.69 Å². The van der Waals surface area contributed by atoms with Gasteiger partial charge in [-0.15, -0.1) is 0 Å². The Balaban J connectivity index is 0.000000717.